The molecule has 0 bridgehead atoms. The van der Waals surface area contributed by atoms with Gasteiger partial charge in [0.15, 0.2) is 0 Å². The van der Waals surface area contributed by atoms with Crippen molar-refractivity contribution in [2.24, 2.45) is 4.99 Å². The van der Waals surface area contributed by atoms with E-state index >= 15 is 0 Å². The molecule has 0 saturated carbocycles. The van der Waals surface area contributed by atoms with Gasteiger partial charge < -0.3 is 5.32 Å². The first-order valence-electron chi connectivity index (χ1n) is 7.42. The second-order valence-corrected chi connectivity index (χ2v) is 6.39. The predicted molar refractivity (Wildman–Crippen MR) is 102 cm³/mol. The quantitative estimate of drug-likeness (QED) is 0.862. The van der Waals surface area contributed by atoms with Crippen molar-refractivity contribution in [1.29, 1.82) is 5.26 Å². The van der Waals surface area contributed by atoms with Crippen molar-refractivity contribution in [3.63, 3.8) is 0 Å². The summed E-state index contributed by atoms with van der Waals surface area (Å²) in [5, 5.41) is 16.1. The Bertz CT molecular complexity index is 743. The molecule has 1 aromatic rings. The van der Waals surface area contributed by atoms with E-state index in [1.807, 2.05) is 56.5 Å². The van der Waals surface area contributed by atoms with E-state index in [0.717, 1.165) is 22.7 Å². The normalized spacial score (nSPS) is 16.8. The predicted octanol–water partition coefficient (Wildman–Crippen LogP) is 3.24. The molecule has 0 unspecified atom stereocenters. The molecule has 2 N–H and O–H groups in total. The van der Waals surface area contributed by atoms with E-state index in [4.69, 9.17) is 16.6 Å². The molecule has 0 amide bonds. The Morgan fingerprint density at radius 1 is 1.33 bits per heavy atom. The molecule has 1 aliphatic rings. The first-order chi connectivity index (χ1) is 11.6. The number of hydrogen-bond donors (Lipinski definition) is 2. The highest BCUT2D eigenvalue weighted by Gasteiger charge is 2.28. The van der Waals surface area contributed by atoms with Gasteiger partial charge >= 0.3 is 0 Å². The summed E-state index contributed by atoms with van der Waals surface area (Å²) < 4.78 is 0. The molecule has 0 saturated heterocycles. The van der Waals surface area contributed by atoms with Crippen molar-refractivity contribution >= 4 is 34.1 Å². The lowest BCUT2D eigenvalue weighted by molar-refractivity contribution is 0.383. The van der Waals surface area contributed by atoms with Crippen molar-refractivity contribution in [3.05, 3.63) is 51.8 Å². The Morgan fingerprint density at radius 2 is 2.00 bits per heavy atom. The highest BCUT2D eigenvalue weighted by Crippen LogP contribution is 2.34. The monoisotopic (exact) mass is 361 g/mol. The molecule has 0 atom stereocenters. The van der Waals surface area contributed by atoms with Gasteiger partial charge in [0.25, 0.3) is 0 Å². The number of hydrogen-bond acceptors (Lipinski definition) is 6. The van der Waals surface area contributed by atoms with Crippen LogP contribution in [0.3, 0.4) is 0 Å². The summed E-state index contributed by atoms with van der Waals surface area (Å²) in [5.41, 5.74) is 6.45. The molecule has 24 heavy (non-hydrogen) atoms. The van der Waals surface area contributed by atoms with Crippen LogP contribution in [-0.2, 0) is 0 Å². The summed E-state index contributed by atoms with van der Waals surface area (Å²) in [5.74, 6) is 0.792. The maximum absolute atomic E-state index is 9.71. The molecule has 2 rings (SSSR count). The number of thioether (sulfide) groups is 1. The van der Waals surface area contributed by atoms with Crippen LogP contribution in [0.15, 0.2) is 46.2 Å². The maximum atomic E-state index is 9.71. The number of nitriles is 1. The number of halogens is 1. The van der Waals surface area contributed by atoms with E-state index in [1.54, 1.807) is 0 Å². The molecule has 0 aromatic heterocycles. The summed E-state index contributed by atoms with van der Waals surface area (Å²) in [6.45, 7) is 2.73. The highest BCUT2D eigenvalue weighted by molar-refractivity contribution is 8.13. The van der Waals surface area contributed by atoms with Crippen LogP contribution in [0.5, 0.6) is 0 Å². The molecule has 1 aliphatic heterocycles. The SMILES string of the molecule is CNC/C(C)=C1/N=C(SC)C(C#N)=C(c2ccc(Cl)cc2)N1NC. The van der Waals surface area contributed by atoms with Gasteiger partial charge in [-0.25, -0.2) is 10.4 Å². The van der Waals surface area contributed by atoms with Crippen molar-refractivity contribution in [2.45, 2.75) is 6.92 Å². The molecule has 5 nitrogen and oxygen atoms in total. The smallest absolute Gasteiger partial charge is 0.149 e. The van der Waals surface area contributed by atoms with Crippen LogP contribution < -0.4 is 10.7 Å². The lowest BCUT2D eigenvalue weighted by atomic mass is 10.0. The van der Waals surface area contributed by atoms with Gasteiger partial charge in [-0.1, -0.05) is 23.7 Å². The van der Waals surface area contributed by atoms with Crippen molar-refractivity contribution in [1.82, 2.24) is 15.8 Å². The van der Waals surface area contributed by atoms with Crippen molar-refractivity contribution in [3.8, 4) is 6.07 Å². The third kappa shape index (κ3) is 3.65. The van der Waals surface area contributed by atoms with Gasteiger partial charge in [0.05, 0.1) is 5.70 Å². The zero-order valence-electron chi connectivity index (χ0n) is 14.1. The molecule has 1 aromatic carbocycles. The van der Waals surface area contributed by atoms with E-state index in [2.05, 4.69) is 16.8 Å². The van der Waals surface area contributed by atoms with Gasteiger partial charge in [0.2, 0.25) is 0 Å². The minimum Gasteiger partial charge on any atom is -0.316 e. The van der Waals surface area contributed by atoms with Crippen molar-refractivity contribution < 1.29 is 0 Å². The first kappa shape index (κ1) is 18.6. The molecule has 126 valence electrons. The Morgan fingerprint density at radius 3 is 2.50 bits per heavy atom. The Balaban J connectivity index is 2.71. The van der Waals surface area contributed by atoms with E-state index in [9.17, 15) is 5.26 Å². The lowest BCUT2D eigenvalue weighted by Crippen LogP contribution is -2.37. The largest absolute Gasteiger partial charge is 0.316 e. The van der Waals surface area contributed by atoms with Crippen molar-refractivity contribution in [2.75, 3.05) is 26.9 Å². The van der Waals surface area contributed by atoms with Gasteiger partial charge in [0.1, 0.15) is 22.5 Å². The molecular weight excluding hydrogens is 342 g/mol. The molecular formula is C17H20ClN5S. The van der Waals surface area contributed by atoms with Crippen LogP contribution in [0, 0.1) is 11.3 Å². The number of rotatable bonds is 4. The number of nitrogens with one attached hydrogen (secondary N) is 2. The zero-order valence-corrected chi connectivity index (χ0v) is 15.7. The standard InChI is InChI=1S/C17H20ClN5S/c1-11(10-20-2)16-22-17(24-4)14(9-19)15(23(16)21-3)12-5-7-13(18)8-6-12/h5-8,20-21H,10H2,1-4H3/b16-11-. The maximum Gasteiger partial charge on any atom is 0.149 e. The van der Waals surface area contributed by atoms with E-state index in [-0.39, 0.29) is 0 Å². The number of hydrazine groups is 1. The third-order valence-corrected chi connectivity index (χ3v) is 4.50. The summed E-state index contributed by atoms with van der Waals surface area (Å²) in [4.78, 5) is 4.69. The van der Waals surface area contributed by atoms with E-state index in [0.29, 0.717) is 22.2 Å². The fourth-order valence-corrected chi connectivity index (χ4v) is 3.15. The average Bonchev–Trinajstić information content (AvgIpc) is 2.60. The molecule has 7 heteroatoms. The highest BCUT2D eigenvalue weighted by atomic mass is 35.5. The summed E-state index contributed by atoms with van der Waals surface area (Å²) in [6, 6.07) is 9.76. The molecule has 0 spiro atoms. The Labute approximate surface area is 152 Å². The zero-order chi connectivity index (χ0) is 17.7. The fraction of sp³-hybridized carbons (Fsp3) is 0.294. The van der Waals surface area contributed by atoms with Crippen LogP contribution in [0.4, 0.5) is 0 Å². The van der Waals surface area contributed by atoms with E-state index < -0.39 is 0 Å². The summed E-state index contributed by atoms with van der Waals surface area (Å²) in [7, 11) is 3.71. The van der Waals surface area contributed by atoms with Crippen LogP contribution in [0.2, 0.25) is 5.02 Å². The molecule has 0 radical (unpaired) electrons. The summed E-state index contributed by atoms with van der Waals surface area (Å²) in [6.07, 6.45) is 1.93. The molecule has 0 fully saturated rings. The second kappa shape index (κ2) is 8.36. The van der Waals surface area contributed by atoms with Crippen LogP contribution in [-0.4, -0.2) is 36.9 Å². The molecule has 1 heterocycles. The van der Waals surface area contributed by atoms with Crippen LogP contribution >= 0.6 is 23.4 Å². The number of aliphatic imine (C=N–C) groups is 1. The minimum absolute atomic E-state index is 0.542. The van der Waals surface area contributed by atoms with E-state index in [1.165, 1.54) is 11.8 Å². The number of nitrogens with zero attached hydrogens (tertiary/aromatic N) is 3. The van der Waals surface area contributed by atoms with Gasteiger partial charge in [0, 0.05) is 24.2 Å². The third-order valence-electron chi connectivity index (χ3n) is 3.56. The Kier molecular flexibility index (Phi) is 6.46. The van der Waals surface area contributed by atoms with Gasteiger partial charge in [-0.3, -0.25) is 5.01 Å². The lowest BCUT2D eigenvalue weighted by Gasteiger charge is -2.32. The van der Waals surface area contributed by atoms with Crippen LogP contribution in [0.1, 0.15) is 12.5 Å². The van der Waals surface area contributed by atoms with Gasteiger partial charge in [-0.15, -0.1) is 11.8 Å². The average molecular weight is 362 g/mol. The topological polar surface area (TPSA) is 63.5 Å². The number of likely N-dealkylation sites (N-methyl/N-ethyl adjacent to an activating group) is 1. The van der Waals surface area contributed by atoms with Crippen LogP contribution in [0.25, 0.3) is 5.70 Å². The fourth-order valence-electron chi connectivity index (χ4n) is 2.50. The van der Waals surface area contributed by atoms with Gasteiger partial charge in [-0.05, 0) is 37.9 Å². The number of benzene rings is 1. The minimum atomic E-state index is 0.542. The molecule has 0 aliphatic carbocycles. The van der Waals surface area contributed by atoms with Gasteiger partial charge in [-0.2, -0.15) is 5.26 Å². The first-order valence-corrected chi connectivity index (χ1v) is 9.02. The Hall–Kier alpha value is -1.78. The second-order valence-electron chi connectivity index (χ2n) is 5.16. The summed E-state index contributed by atoms with van der Waals surface area (Å²) >= 11 is 7.48.